The van der Waals surface area contributed by atoms with E-state index in [9.17, 15) is 19.2 Å². The molecule has 2 aliphatic heterocycles. The fourth-order valence-electron chi connectivity index (χ4n) is 6.23. The van der Waals surface area contributed by atoms with Crippen molar-refractivity contribution in [3.63, 3.8) is 0 Å². The Morgan fingerprint density at radius 1 is 0.980 bits per heavy atom. The molecule has 1 N–H and O–H groups in total. The van der Waals surface area contributed by atoms with Crippen LogP contribution in [0.15, 0.2) is 57.9 Å². The number of furan rings is 1. The maximum Gasteiger partial charge on any atom is 0.289 e. The van der Waals surface area contributed by atoms with Crippen LogP contribution >= 0.6 is 11.3 Å². The standard InChI is InChI=1S/C28H34N6O6.C8H6OS/c1-17(2)26(36)34-9-5-7-20(34)25(35)30-24-18-15-22(38-3)23(39-4)16-19(18)29-28(31-24)33-12-10-32(11-13-33)27(37)21-8-6-14-40-21;1-5-4-6-2-3-7(5)10-8(6)9/h6,8,14-17,20H,5,7,9-13H2,1-4H3,(H,29,30,31,35);2-4H,1H3. The fraction of sp³-hybridized carbons (Fsp3) is 0.389. The molecule has 2 saturated heterocycles. The lowest BCUT2D eigenvalue weighted by atomic mass is 10.1. The minimum absolute atomic E-state index is 0.0424. The number of aromatic nitrogens is 2. The molecule has 1 atom stereocenters. The molecule has 6 aromatic rings. The van der Waals surface area contributed by atoms with Gasteiger partial charge in [-0.15, -0.1) is 0 Å². The Morgan fingerprint density at radius 3 is 2.30 bits per heavy atom. The number of aryl methyl sites for hydroxylation is 1. The minimum atomic E-state index is -0.570. The number of likely N-dealkylation sites (tertiary alicyclic amines) is 1. The summed E-state index contributed by atoms with van der Waals surface area (Å²) in [6.45, 7) is 8.17. The van der Waals surface area contributed by atoms with E-state index in [1.54, 1.807) is 41.2 Å². The van der Waals surface area contributed by atoms with Crippen molar-refractivity contribution in [2.45, 2.75) is 39.7 Å². The highest BCUT2D eigenvalue weighted by atomic mass is 32.1. The molecule has 2 fully saturated rings. The van der Waals surface area contributed by atoms with Gasteiger partial charge in [-0.05, 0) is 61.7 Å². The van der Waals surface area contributed by atoms with Gasteiger partial charge in [0.05, 0.1) is 26.0 Å². The zero-order valence-corrected chi connectivity index (χ0v) is 29.5. The van der Waals surface area contributed by atoms with Crippen LogP contribution in [0, 0.1) is 12.8 Å². The molecule has 6 heterocycles. The van der Waals surface area contributed by atoms with Gasteiger partial charge in [0.1, 0.15) is 11.9 Å². The fourth-order valence-corrected chi connectivity index (χ4v) is 7.03. The third kappa shape index (κ3) is 7.06. The van der Waals surface area contributed by atoms with E-state index < -0.39 is 6.04 Å². The highest BCUT2D eigenvalue weighted by Gasteiger charge is 2.35. The molecule has 0 radical (unpaired) electrons. The predicted molar refractivity (Wildman–Crippen MR) is 192 cm³/mol. The number of hydrogen-bond donors (Lipinski definition) is 1. The lowest BCUT2D eigenvalue weighted by Gasteiger charge is -2.34. The first-order chi connectivity index (χ1) is 24.1. The van der Waals surface area contributed by atoms with Gasteiger partial charge in [0.25, 0.3) is 5.91 Å². The summed E-state index contributed by atoms with van der Waals surface area (Å²) in [5.74, 6) is 1.32. The predicted octanol–water partition coefficient (Wildman–Crippen LogP) is 4.80. The molecular weight excluding hydrogens is 660 g/mol. The van der Waals surface area contributed by atoms with Gasteiger partial charge in [-0.25, -0.2) is 4.98 Å². The van der Waals surface area contributed by atoms with E-state index in [0.29, 0.717) is 79.1 Å². The molecule has 2 aromatic carbocycles. The van der Waals surface area contributed by atoms with Crippen LogP contribution in [0.5, 0.6) is 11.5 Å². The molecule has 14 heteroatoms. The average Bonchev–Trinajstić information content (AvgIpc) is 3.85. The number of anilines is 2. The number of rotatable bonds is 7. The van der Waals surface area contributed by atoms with Crippen LogP contribution in [-0.2, 0) is 9.59 Å². The third-order valence-electron chi connectivity index (χ3n) is 8.96. The monoisotopic (exact) mass is 700 g/mol. The molecule has 2 bridgehead atoms. The summed E-state index contributed by atoms with van der Waals surface area (Å²) < 4.78 is 17.5. The summed E-state index contributed by atoms with van der Waals surface area (Å²) >= 11 is 1.33. The van der Waals surface area contributed by atoms with Crippen LogP contribution in [-0.4, -0.2) is 90.5 Å². The van der Waals surface area contributed by atoms with Crippen molar-refractivity contribution in [3.8, 4) is 11.5 Å². The van der Waals surface area contributed by atoms with Crippen LogP contribution in [0.2, 0.25) is 0 Å². The van der Waals surface area contributed by atoms with E-state index >= 15 is 0 Å². The van der Waals surface area contributed by atoms with Gasteiger partial charge < -0.3 is 33.9 Å². The van der Waals surface area contributed by atoms with Crippen LogP contribution in [0.3, 0.4) is 0 Å². The first-order valence-corrected chi connectivity index (χ1v) is 17.3. The van der Waals surface area contributed by atoms with Crippen molar-refractivity contribution in [2.75, 3.05) is 57.2 Å². The zero-order chi connectivity index (χ0) is 35.5. The number of ether oxygens (including phenoxy) is 2. The molecular formula is C36H40N6O7S. The second-order valence-electron chi connectivity index (χ2n) is 12.6. The summed E-state index contributed by atoms with van der Waals surface area (Å²) in [6, 6.07) is 12.1. The van der Waals surface area contributed by atoms with E-state index in [2.05, 4.69) is 5.32 Å². The van der Waals surface area contributed by atoms with E-state index in [1.807, 2.05) is 43.9 Å². The maximum absolute atomic E-state index is 13.5. The first kappa shape index (κ1) is 34.6. The Bertz CT molecular complexity index is 2060. The number of nitrogens with one attached hydrogen (secondary N) is 1. The lowest BCUT2D eigenvalue weighted by molar-refractivity contribution is -0.139. The molecule has 0 saturated carbocycles. The third-order valence-corrected chi connectivity index (χ3v) is 10.1. The number of methoxy groups -OCH3 is 2. The van der Waals surface area contributed by atoms with Gasteiger partial charge >= 0.3 is 0 Å². The summed E-state index contributed by atoms with van der Waals surface area (Å²) in [5, 5.41) is 4.40. The van der Waals surface area contributed by atoms with Gasteiger partial charge in [0, 0.05) is 60.2 Å². The van der Waals surface area contributed by atoms with Crippen LogP contribution in [0.4, 0.5) is 11.8 Å². The highest BCUT2D eigenvalue weighted by Crippen LogP contribution is 2.35. The average molecular weight is 701 g/mol. The van der Waals surface area contributed by atoms with Crippen molar-refractivity contribution in [1.29, 1.82) is 0 Å². The van der Waals surface area contributed by atoms with Crippen molar-refractivity contribution in [2.24, 2.45) is 5.92 Å². The first-order valence-electron chi connectivity index (χ1n) is 16.5. The number of nitrogens with zero attached hydrogens (tertiary/aromatic N) is 5. The summed E-state index contributed by atoms with van der Waals surface area (Å²) in [4.78, 5) is 64.8. The Balaban J connectivity index is 0.000000367. The van der Waals surface area contributed by atoms with E-state index in [4.69, 9.17) is 23.9 Å². The lowest BCUT2D eigenvalue weighted by Crippen LogP contribution is -2.49. The Hall–Kier alpha value is -5.24. The molecule has 262 valence electrons. The van der Waals surface area contributed by atoms with Crippen LogP contribution in [0.25, 0.3) is 21.0 Å². The van der Waals surface area contributed by atoms with Gasteiger partial charge in [-0.2, -0.15) is 4.98 Å². The Kier molecular flexibility index (Phi) is 10.2. The van der Waals surface area contributed by atoms with Gasteiger partial charge in [0.2, 0.25) is 22.5 Å². The highest BCUT2D eigenvalue weighted by molar-refractivity contribution is 7.16. The quantitative estimate of drug-likeness (QED) is 0.251. The minimum Gasteiger partial charge on any atom is -0.493 e. The molecule has 4 aromatic heterocycles. The van der Waals surface area contributed by atoms with Gasteiger partial charge in [0.15, 0.2) is 17.3 Å². The van der Waals surface area contributed by atoms with Crippen molar-refractivity contribution >= 4 is 61.8 Å². The number of piperazine rings is 1. The second kappa shape index (κ2) is 14.7. The summed E-state index contributed by atoms with van der Waals surface area (Å²) in [5.41, 5.74) is 1.77. The van der Waals surface area contributed by atoms with Crippen molar-refractivity contribution in [1.82, 2.24) is 19.8 Å². The molecule has 1 unspecified atom stereocenters. The van der Waals surface area contributed by atoms with E-state index in [1.165, 1.54) is 30.3 Å². The Morgan fingerprint density at radius 2 is 1.72 bits per heavy atom. The molecule has 8 rings (SSSR count). The molecule has 2 aliphatic rings. The molecule has 0 spiro atoms. The van der Waals surface area contributed by atoms with Gasteiger partial charge in [-0.3, -0.25) is 19.2 Å². The summed E-state index contributed by atoms with van der Waals surface area (Å²) in [7, 11) is 3.08. The van der Waals surface area contributed by atoms with Crippen LogP contribution in [0.1, 0.15) is 42.8 Å². The van der Waals surface area contributed by atoms with Crippen molar-refractivity contribution in [3.05, 3.63) is 69.6 Å². The van der Waals surface area contributed by atoms with E-state index in [0.717, 1.165) is 16.5 Å². The van der Waals surface area contributed by atoms with Crippen LogP contribution < -0.4 is 24.4 Å². The van der Waals surface area contributed by atoms with Gasteiger partial charge in [-0.1, -0.05) is 25.2 Å². The maximum atomic E-state index is 13.5. The molecule has 13 nitrogen and oxygen atoms in total. The molecule has 0 aliphatic carbocycles. The second-order valence-corrected chi connectivity index (χ2v) is 13.6. The topological polar surface area (TPSA) is 147 Å². The normalized spacial score (nSPS) is 16.1. The van der Waals surface area contributed by atoms with E-state index in [-0.39, 0.29) is 28.4 Å². The SMILES string of the molecule is COc1cc2nc(N3CCN(C(=O)c4ccco4)CC3)nc(NC(=O)C3CCCN3C(=O)C(C)C)c2cc1OC.Cc1cc2ccc1sc2=O. The zero-order valence-electron chi connectivity index (χ0n) is 28.7. The largest absolute Gasteiger partial charge is 0.493 e. The number of hydrogen-bond acceptors (Lipinski definition) is 11. The number of fused-ring (bicyclic) bond motifs is 4. The molecule has 50 heavy (non-hydrogen) atoms. The molecule has 3 amide bonds. The number of carbonyl (C=O) groups is 3. The Labute approximate surface area is 293 Å². The number of benzene rings is 2. The number of amides is 3. The van der Waals surface area contributed by atoms with Crippen molar-refractivity contribution < 1.29 is 28.3 Å². The summed E-state index contributed by atoms with van der Waals surface area (Å²) in [6.07, 6.45) is 2.83. The number of carbonyl (C=O) groups excluding carboxylic acids is 3. The smallest absolute Gasteiger partial charge is 0.289 e.